The number of nitrogens with zero attached hydrogens (tertiary/aromatic N) is 6. The first kappa shape index (κ1) is 20.1. The van der Waals surface area contributed by atoms with E-state index in [9.17, 15) is 8.78 Å². The number of morpholine rings is 1. The van der Waals surface area contributed by atoms with E-state index in [1.807, 2.05) is 4.90 Å². The fourth-order valence-electron chi connectivity index (χ4n) is 3.51. The van der Waals surface area contributed by atoms with Crippen molar-refractivity contribution in [3.63, 3.8) is 0 Å². The lowest BCUT2D eigenvalue weighted by molar-refractivity contribution is 0.122. The van der Waals surface area contributed by atoms with Crippen molar-refractivity contribution in [3.05, 3.63) is 54.4 Å². The number of hydrogen-bond donors (Lipinski definition) is 2. The highest BCUT2D eigenvalue weighted by Crippen LogP contribution is 2.28. The lowest BCUT2D eigenvalue weighted by atomic mass is 10.3. The van der Waals surface area contributed by atoms with Gasteiger partial charge in [-0.3, -0.25) is 4.57 Å². The Hall–Kier alpha value is -3.86. The summed E-state index contributed by atoms with van der Waals surface area (Å²) in [5.41, 5.74) is 8.00. The molecule has 1 aliphatic rings. The van der Waals surface area contributed by atoms with Crippen LogP contribution in [-0.2, 0) is 4.74 Å². The molecule has 2 aromatic heterocycles. The summed E-state index contributed by atoms with van der Waals surface area (Å²) >= 11 is 0. The van der Waals surface area contributed by atoms with Gasteiger partial charge in [-0.25, -0.2) is 13.8 Å². The molecule has 0 bridgehead atoms. The molecule has 1 aliphatic heterocycles. The molecule has 0 amide bonds. The van der Waals surface area contributed by atoms with Crippen molar-refractivity contribution < 1.29 is 13.5 Å². The number of para-hydroxylation sites is 2. The molecule has 1 fully saturated rings. The van der Waals surface area contributed by atoms with Crippen molar-refractivity contribution >= 4 is 34.3 Å². The number of benzene rings is 2. The smallest absolute Gasteiger partial charge is 0.296 e. The summed E-state index contributed by atoms with van der Waals surface area (Å²) in [6.45, 7) is 2.21. The van der Waals surface area contributed by atoms with Gasteiger partial charge in [-0.2, -0.15) is 15.0 Å². The second-order valence-corrected chi connectivity index (χ2v) is 7.20. The average molecular weight is 438 g/mol. The third-order valence-corrected chi connectivity index (χ3v) is 5.05. The van der Waals surface area contributed by atoms with Crippen LogP contribution in [0.4, 0.5) is 32.1 Å². The van der Waals surface area contributed by atoms with Crippen LogP contribution in [0.2, 0.25) is 0 Å². The summed E-state index contributed by atoms with van der Waals surface area (Å²) < 4.78 is 34.5. The molecule has 164 valence electrons. The minimum absolute atomic E-state index is 0.0587. The SMILES string of the molecule is Nc1ccc(Nc2nc(N3CCOCC3)nc(-n3c(C(F)F)nc4ccccc43)n2)cc1. The first-order chi connectivity index (χ1) is 15.6. The molecule has 11 heteroatoms. The van der Waals surface area contributed by atoms with E-state index in [2.05, 4.69) is 25.3 Å². The number of alkyl halides is 2. The zero-order valence-electron chi connectivity index (χ0n) is 16.9. The van der Waals surface area contributed by atoms with E-state index < -0.39 is 12.2 Å². The molecule has 0 atom stereocenters. The highest BCUT2D eigenvalue weighted by Gasteiger charge is 2.24. The number of nitrogen functional groups attached to an aromatic ring is 1. The summed E-state index contributed by atoms with van der Waals surface area (Å²) in [6.07, 6.45) is -2.81. The molecule has 0 unspecified atom stereocenters. The van der Waals surface area contributed by atoms with Gasteiger partial charge in [-0.1, -0.05) is 12.1 Å². The Morgan fingerprint density at radius 1 is 0.906 bits per heavy atom. The van der Waals surface area contributed by atoms with Crippen molar-refractivity contribution in [1.29, 1.82) is 0 Å². The zero-order valence-corrected chi connectivity index (χ0v) is 16.9. The molecule has 9 nitrogen and oxygen atoms in total. The van der Waals surface area contributed by atoms with Gasteiger partial charge < -0.3 is 20.7 Å². The second kappa shape index (κ2) is 8.35. The van der Waals surface area contributed by atoms with Gasteiger partial charge in [-0.15, -0.1) is 0 Å². The third kappa shape index (κ3) is 3.89. The fraction of sp³-hybridized carbons (Fsp3) is 0.238. The van der Waals surface area contributed by atoms with E-state index >= 15 is 0 Å². The summed E-state index contributed by atoms with van der Waals surface area (Å²) in [5.74, 6) is 0.223. The number of ether oxygens (including phenoxy) is 1. The van der Waals surface area contributed by atoms with Crippen molar-refractivity contribution in [1.82, 2.24) is 24.5 Å². The van der Waals surface area contributed by atoms with Crippen molar-refractivity contribution in [2.75, 3.05) is 42.3 Å². The van der Waals surface area contributed by atoms with E-state index in [1.54, 1.807) is 48.5 Å². The number of nitrogens with two attached hydrogens (primary N) is 1. The molecule has 4 aromatic rings. The molecular formula is C21H20F2N8O. The summed E-state index contributed by atoms with van der Waals surface area (Å²) in [4.78, 5) is 19.5. The van der Waals surface area contributed by atoms with Crippen LogP contribution in [0.15, 0.2) is 48.5 Å². The van der Waals surface area contributed by atoms with Crippen LogP contribution < -0.4 is 16.0 Å². The van der Waals surface area contributed by atoms with E-state index in [4.69, 9.17) is 10.5 Å². The Balaban J connectivity index is 1.65. The minimum Gasteiger partial charge on any atom is -0.399 e. The molecule has 3 heterocycles. The average Bonchev–Trinajstić information content (AvgIpc) is 3.21. The molecule has 0 saturated carbocycles. The highest BCUT2D eigenvalue weighted by molar-refractivity contribution is 5.77. The van der Waals surface area contributed by atoms with Gasteiger partial charge in [0.1, 0.15) is 0 Å². The maximum Gasteiger partial charge on any atom is 0.296 e. The Morgan fingerprint density at radius 3 is 2.38 bits per heavy atom. The minimum atomic E-state index is -2.81. The number of fused-ring (bicyclic) bond motifs is 1. The number of anilines is 4. The first-order valence-corrected chi connectivity index (χ1v) is 10.1. The van der Waals surface area contributed by atoms with Gasteiger partial charge in [0.05, 0.1) is 24.2 Å². The van der Waals surface area contributed by atoms with E-state index in [1.165, 1.54) is 4.57 Å². The van der Waals surface area contributed by atoms with Crippen LogP contribution in [0.3, 0.4) is 0 Å². The molecular weight excluding hydrogens is 418 g/mol. The molecule has 1 saturated heterocycles. The van der Waals surface area contributed by atoms with Gasteiger partial charge in [0.25, 0.3) is 6.43 Å². The maximum absolute atomic E-state index is 13.9. The van der Waals surface area contributed by atoms with Gasteiger partial charge in [-0.05, 0) is 36.4 Å². The normalized spacial score (nSPS) is 14.3. The maximum atomic E-state index is 13.9. The summed E-state index contributed by atoms with van der Waals surface area (Å²) in [6, 6.07) is 13.9. The van der Waals surface area contributed by atoms with Crippen LogP contribution >= 0.6 is 0 Å². The predicted molar refractivity (Wildman–Crippen MR) is 117 cm³/mol. The number of halogens is 2. The Bertz CT molecular complexity index is 1240. The molecule has 32 heavy (non-hydrogen) atoms. The standard InChI is InChI=1S/C21H20F2N8O/c22-17(23)18-26-15-3-1-2-4-16(15)31(18)21-28-19(25-14-7-5-13(24)6-8-14)27-20(29-21)30-9-11-32-12-10-30/h1-8,17H,9-12,24H2,(H,25,27,28,29). The lowest BCUT2D eigenvalue weighted by Crippen LogP contribution is -2.37. The number of nitrogens with one attached hydrogen (secondary N) is 1. The number of aromatic nitrogens is 5. The lowest BCUT2D eigenvalue weighted by Gasteiger charge is -2.27. The van der Waals surface area contributed by atoms with Crippen LogP contribution in [0.5, 0.6) is 0 Å². The van der Waals surface area contributed by atoms with Gasteiger partial charge in [0.2, 0.25) is 17.8 Å². The van der Waals surface area contributed by atoms with Crippen LogP contribution in [-0.4, -0.2) is 50.8 Å². The topological polar surface area (TPSA) is 107 Å². The van der Waals surface area contributed by atoms with E-state index in [0.29, 0.717) is 54.7 Å². The number of hydrogen-bond acceptors (Lipinski definition) is 8. The Morgan fingerprint density at radius 2 is 1.62 bits per heavy atom. The first-order valence-electron chi connectivity index (χ1n) is 10.1. The second-order valence-electron chi connectivity index (χ2n) is 7.20. The third-order valence-electron chi connectivity index (χ3n) is 5.05. The zero-order chi connectivity index (χ0) is 22.1. The number of rotatable bonds is 5. The number of imidazole rings is 1. The highest BCUT2D eigenvalue weighted by atomic mass is 19.3. The molecule has 0 spiro atoms. The Kier molecular flexibility index (Phi) is 5.23. The van der Waals surface area contributed by atoms with E-state index in [0.717, 1.165) is 0 Å². The van der Waals surface area contributed by atoms with Gasteiger partial charge >= 0.3 is 0 Å². The van der Waals surface area contributed by atoms with Gasteiger partial charge in [0.15, 0.2) is 5.82 Å². The molecule has 5 rings (SSSR count). The quantitative estimate of drug-likeness (QED) is 0.457. The van der Waals surface area contributed by atoms with Crippen molar-refractivity contribution in [2.24, 2.45) is 0 Å². The molecule has 3 N–H and O–H groups in total. The predicted octanol–water partition coefficient (Wildman–Crippen LogP) is 3.31. The van der Waals surface area contributed by atoms with E-state index in [-0.39, 0.29) is 11.9 Å². The van der Waals surface area contributed by atoms with Crippen LogP contribution in [0.1, 0.15) is 12.2 Å². The van der Waals surface area contributed by atoms with Gasteiger partial charge in [0, 0.05) is 24.5 Å². The Labute approximate surface area is 181 Å². The van der Waals surface area contributed by atoms with Crippen LogP contribution in [0, 0.1) is 0 Å². The van der Waals surface area contributed by atoms with Crippen molar-refractivity contribution in [3.8, 4) is 5.95 Å². The monoisotopic (exact) mass is 438 g/mol. The molecule has 0 radical (unpaired) electrons. The largest absolute Gasteiger partial charge is 0.399 e. The van der Waals surface area contributed by atoms with Crippen LogP contribution in [0.25, 0.3) is 17.0 Å². The molecule has 0 aliphatic carbocycles. The molecule has 2 aromatic carbocycles. The van der Waals surface area contributed by atoms with Crippen molar-refractivity contribution in [2.45, 2.75) is 6.43 Å². The summed E-state index contributed by atoms with van der Waals surface area (Å²) in [7, 11) is 0. The fourth-order valence-corrected chi connectivity index (χ4v) is 3.51. The summed E-state index contributed by atoms with van der Waals surface area (Å²) in [5, 5.41) is 3.11.